The number of ether oxygens (including phenoxy) is 3. The second kappa shape index (κ2) is 9.63. The number of carbonyl (C=O) groups is 1. The van der Waals surface area contributed by atoms with Gasteiger partial charge in [0.2, 0.25) is 0 Å². The van der Waals surface area contributed by atoms with Crippen LogP contribution in [0.15, 0.2) is 23.3 Å². The molecule has 0 saturated carbocycles. The molecule has 1 aromatic rings. The standard InChI is InChI=1S/C15H22N2O4/c1-4-6-9-21-13-8-7-12(10-14(13)19-3)11-16-17-15(18)20-5-2/h7-8,10-11H,4-6,9H2,1-3H3,(H,17,18)/b16-11+. The molecule has 0 saturated heterocycles. The summed E-state index contributed by atoms with van der Waals surface area (Å²) in [6.45, 7) is 4.80. The topological polar surface area (TPSA) is 69.2 Å². The van der Waals surface area contributed by atoms with E-state index in [0.29, 0.717) is 24.7 Å². The van der Waals surface area contributed by atoms with Gasteiger partial charge in [-0.25, -0.2) is 10.2 Å². The van der Waals surface area contributed by atoms with Crippen molar-refractivity contribution < 1.29 is 19.0 Å². The van der Waals surface area contributed by atoms with Gasteiger partial charge in [-0.1, -0.05) is 13.3 Å². The average molecular weight is 294 g/mol. The number of methoxy groups -OCH3 is 1. The summed E-state index contributed by atoms with van der Waals surface area (Å²) in [5.74, 6) is 1.33. The summed E-state index contributed by atoms with van der Waals surface area (Å²) in [6.07, 6.45) is 3.00. The van der Waals surface area contributed by atoms with Crippen molar-refractivity contribution in [1.82, 2.24) is 5.43 Å². The van der Waals surface area contributed by atoms with Gasteiger partial charge in [-0.15, -0.1) is 0 Å². The molecule has 0 spiro atoms. The van der Waals surface area contributed by atoms with Crippen LogP contribution < -0.4 is 14.9 Å². The van der Waals surface area contributed by atoms with E-state index in [9.17, 15) is 4.79 Å². The third-order valence-corrected chi connectivity index (χ3v) is 2.59. The summed E-state index contributed by atoms with van der Waals surface area (Å²) >= 11 is 0. The van der Waals surface area contributed by atoms with Crippen LogP contribution in [0.1, 0.15) is 32.3 Å². The smallest absolute Gasteiger partial charge is 0.427 e. The van der Waals surface area contributed by atoms with E-state index in [1.165, 1.54) is 6.21 Å². The second-order valence-corrected chi connectivity index (χ2v) is 4.20. The quantitative estimate of drug-likeness (QED) is 0.454. The second-order valence-electron chi connectivity index (χ2n) is 4.20. The van der Waals surface area contributed by atoms with Gasteiger partial charge in [0, 0.05) is 0 Å². The molecule has 0 aliphatic heterocycles. The highest BCUT2D eigenvalue weighted by Crippen LogP contribution is 2.27. The zero-order valence-corrected chi connectivity index (χ0v) is 12.7. The van der Waals surface area contributed by atoms with Crippen molar-refractivity contribution in [2.24, 2.45) is 5.10 Å². The van der Waals surface area contributed by atoms with Crippen LogP contribution in [-0.2, 0) is 4.74 Å². The van der Waals surface area contributed by atoms with E-state index in [1.807, 2.05) is 12.1 Å². The van der Waals surface area contributed by atoms with Crippen LogP contribution in [0.4, 0.5) is 4.79 Å². The van der Waals surface area contributed by atoms with Crippen LogP contribution in [0.5, 0.6) is 11.5 Å². The molecule has 0 aliphatic rings. The van der Waals surface area contributed by atoms with Crippen LogP contribution in [0.2, 0.25) is 0 Å². The predicted octanol–water partition coefficient (Wildman–Crippen LogP) is 2.95. The lowest BCUT2D eigenvalue weighted by Gasteiger charge is -2.10. The number of nitrogens with zero attached hydrogens (tertiary/aromatic N) is 1. The van der Waals surface area contributed by atoms with Gasteiger partial charge in [0.05, 0.1) is 26.5 Å². The van der Waals surface area contributed by atoms with Crippen LogP contribution in [-0.4, -0.2) is 32.6 Å². The first-order valence-electron chi connectivity index (χ1n) is 6.97. The molecule has 1 amide bonds. The van der Waals surface area contributed by atoms with Gasteiger partial charge < -0.3 is 14.2 Å². The van der Waals surface area contributed by atoms with Crippen molar-refractivity contribution in [3.63, 3.8) is 0 Å². The monoisotopic (exact) mass is 294 g/mol. The molecule has 6 heteroatoms. The number of hydrogen-bond acceptors (Lipinski definition) is 5. The van der Waals surface area contributed by atoms with E-state index < -0.39 is 6.09 Å². The molecular formula is C15H22N2O4. The van der Waals surface area contributed by atoms with Gasteiger partial charge in [-0.05, 0) is 37.1 Å². The maximum Gasteiger partial charge on any atom is 0.427 e. The highest BCUT2D eigenvalue weighted by molar-refractivity contribution is 5.82. The van der Waals surface area contributed by atoms with Crippen molar-refractivity contribution in [1.29, 1.82) is 0 Å². The number of amides is 1. The number of benzene rings is 1. The molecule has 116 valence electrons. The van der Waals surface area contributed by atoms with Gasteiger partial charge in [-0.2, -0.15) is 5.10 Å². The summed E-state index contributed by atoms with van der Waals surface area (Å²) in [5, 5.41) is 3.79. The summed E-state index contributed by atoms with van der Waals surface area (Å²) in [4.78, 5) is 11.1. The van der Waals surface area contributed by atoms with E-state index in [2.05, 4.69) is 17.5 Å². The van der Waals surface area contributed by atoms with Crippen molar-refractivity contribution in [3.8, 4) is 11.5 Å². The Bertz CT molecular complexity index is 475. The molecule has 0 bridgehead atoms. The molecule has 0 aromatic heterocycles. The van der Waals surface area contributed by atoms with E-state index in [4.69, 9.17) is 14.2 Å². The maximum absolute atomic E-state index is 11.1. The van der Waals surface area contributed by atoms with Crippen molar-refractivity contribution in [3.05, 3.63) is 23.8 Å². The molecule has 0 unspecified atom stereocenters. The minimum absolute atomic E-state index is 0.305. The number of hydrazone groups is 1. The highest BCUT2D eigenvalue weighted by atomic mass is 16.5. The number of carbonyl (C=O) groups excluding carboxylic acids is 1. The first kappa shape index (κ1) is 16.8. The number of rotatable bonds is 8. The Labute approximate surface area is 125 Å². The largest absolute Gasteiger partial charge is 0.493 e. The Hall–Kier alpha value is -2.24. The third kappa shape index (κ3) is 6.16. The molecule has 6 nitrogen and oxygen atoms in total. The Balaban J connectivity index is 2.64. The van der Waals surface area contributed by atoms with E-state index >= 15 is 0 Å². The van der Waals surface area contributed by atoms with Crippen LogP contribution in [0, 0.1) is 0 Å². The third-order valence-electron chi connectivity index (χ3n) is 2.59. The van der Waals surface area contributed by atoms with Gasteiger partial charge in [0.1, 0.15) is 0 Å². The molecule has 1 rings (SSSR count). The average Bonchev–Trinajstić information content (AvgIpc) is 2.49. The fourth-order valence-electron chi connectivity index (χ4n) is 1.53. The molecule has 0 atom stereocenters. The molecule has 1 N–H and O–H groups in total. The summed E-state index contributed by atoms with van der Waals surface area (Å²) < 4.78 is 15.6. The first-order valence-corrected chi connectivity index (χ1v) is 6.97. The summed E-state index contributed by atoms with van der Waals surface area (Å²) in [7, 11) is 1.58. The van der Waals surface area contributed by atoms with Crippen molar-refractivity contribution in [2.45, 2.75) is 26.7 Å². The summed E-state index contributed by atoms with van der Waals surface area (Å²) in [6, 6.07) is 5.44. The normalized spacial score (nSPS) is 10.4. The SMILES string of the molecule is CCCCOc1ccc(/C=N/NC(=O)OCC)cc1OC. The zero-order valence-electron chi connectivity index (χ0n) is 12.7. The number of nitrogens with one attached hydrogen (secondary N) is 1. The van der Waals surface area contributed by atoms with Crippen LogP contribution >= 0.6 is 0 Å². The fraction of sp³-hybridized carbons (Fsp3) is 0.467. The van der Waals surface area contributed by atoms with Gasteiger partial charge >= 0.3 is 6.09 Å². The Morgan fingerprint density at radius 2 is 2.14 bits per heavy atom. The Morgan fingerprint density at radius 1 is 1.33 bits per heavy atom. The highest BCUT2D eigenvalue weighted by Gasteiger charge is 2.05. The van der Waals surface area contributed by atoms with Crippen LogP contribution in [0.25, 0.3) is 0 Å². The lowest BCUT2D eigenvalue weighted by Crippen LogP contribution is -2.18. The van der Waals surface area contributed by atoms with Gasteiger partial charge in [0.25, 0.3) is 0 Å². The molecule has 21 heavy (non-hydrogen) atoms. The molecule has 1 aromatic carbocycles. The van der Waals surface area contributed by atoms with Gasteiger partial charge in [-0.3, -0.25) is 0 Å². The maximum atomic E-state index is 11.1. The zero-order chi connectivity index (χ0) is 15.5. The summed E-state index contributed by atoms with van der Waals surface area (Å²) in [5.41, 5.74) is 3.05. The van der Waals surface area contributed by atoms with E-state index in [-0.39, 0.29) is 0 Å². The van der Waals surface area contributed by atoms with Crippen molar-refractivity contribution >= 4 is 12.3 Å². The van der Waals surface area contributed by atoms with Crippen LogP contribution in [0.3, 0.4) is 0 Å². The number of unbranched alkanes of at least 4 members (excludes halogenated alkanes) is 1. The molecule has 0 radical (unpaired) electrons. The van der Waals surface area contributed by atoms with Gasteiger partial charge in [0.15, 0.2) is 11.5 Å². The Morgan fingerprint density at radius 3 is 2.81 bits per heavy atom. The molecule has 0 fully saturated rings. The first-order chi connectivity index (χ1) is 10.2. The fourth-order valence-corrected chi connectivity index (χ4v) is 1.53. The van der Waals surface area contributed by atoms with E-state index in [1.54, 1.807) is 20.1 Å². The lowest BCUT2D eigenvalue weighted by atomic mass is 10.2. The predicted molar refractivity (Wildman–Crippen MR) is 81.1 cm³/mol. The minimum Gasteiger partial charge on any atom is -0.493 e. The molecule has 0 aliphatic carbocycles. The Kier molecular flexibility index (Phi) is 7.71. The lowest BCUT2D eigenvalue weighted by molar-refractivity contribution is 0.152. The molecular weight excluding hydrogens is 272 g/mol. The van der Waals surface area contributed by atoms with Crippen molar-refractivity contribution in [2.75, 3.05) is 20.3 Å². The minimum atomic E-state index is -0.583. The molecule has 0 heterocycles. The number of hydrogen-bond donors (Lipinski definition) is 1. The van der Waals surface area contributed by atoms with E-state index in [0.717, 1.165) is 18.4 Å².